The van der Waals surface area contributed by atoms with E-state index in [2.05, 4.69) is 5.32 Å². The summed E-state index contributed by atoms with van der Waals surface area (Å²) in [5, 5.41) is 13.5. The number of halogens is 1. The van der Waals surface area contributed by atoms with Gasteiger partial charge in [0.25, 0.3) is 0 Å². The Morgan fingerprint density at radius 3 is 2.96 bits per heavy atom. The van der Waals surface area contributed by atoms with Crippen LogP contribution in [0.25, 0.3) is 0 Å². The average molecular weight is 378 g/mol. The number of hydrogen-bond donors (Lipinski definition) is 2. The zero-order valence-corrected chi connectivity index (χ0v) is 15.3. The van der Waals surface area contributed by atoms with Crippen molar-refractivity contribution in [1.82, 2.24) is 5.32 Å². The number of aryl methyl sites for hydroxylation is 1. The molecule has 0 spiro atoms. The standard InChI is InChI=1S/C16H24ClNO5S/c1-12-2-3-15(17)16(8-12)23-10-13(19)9-18-5-6-22-14-4-7-24(20,21)11-14/h2-3,8,13-14,18-19H,4-7,9-11H2,1H3. The van der Waals surface area contributed by atoms with Crippen LogP contribution >= 0.6 is 11.6 Å². The lowest BCUT2D eigenvalue weighted by atomic mass is 10.2. The van der Waals surface area contributed by atoms with Gasteiger partial charge in [-0.2, -0.15) is 0 Å². The van der Waals surface area contributed by atoms with E-state index in [-0.39, 0.29) is 24.2 Å². The van der Waals surface area contributed by atoms with Crippen LogP contribution in [0.1, 0.15) is 12.0 Å². The molecule has 136 valence electrons. The average Bonchev–Trinajstić information content (AvgIpc) is 2.87. The number of aliphatic hydroxyl groups is 1. The molecule has 0 radical (unpaired) electrons. The Morgan fingerprint density at radius 2 is 2.25 bits per heavy atom. The van der Waals surface area contributed by atoms with Crippen molar-refractivity contribution in [2.24, 2.45) is 0 Å². The Morgan fingerprint density at radius 1 is 1.46 bits per heavy atom. The first kappa shape index (κ1) is 19.5. The van der Waals surface area contributed by atoms with E-state index in [1.54, 1.807) is 6.07 Å². The summed E-state index contributed by atoms with van der Waals surface area (Å²) < 4.78 is 33.6. The predicted octanol–water partition coefficient (Wildman–Crippen LogP) is 1.18. The van der Waals surface area contributed by atoms with Crippen molar-refractivity contribution in [2.45, 2.75) is 25.6 Å². The molecule has 8 heteroatoms. The molecule has 1 aliphatic rings. The molecule has 1 aromatic rings. The largest absolute Gasteiger partial charge is 0.489 e. The molecule has 0 bridgehead atoms. The van der Waals surface area contributed by atoms with Crippen LogP contribution in [0, 0.1) is 6.92 Å². The Bertz CT molecular complexity index is 637. The smallest absolute Gasteiger partial charge is 0.152 e. The normalized spacial score (nSPS) is 20.9. The van der Waals surface area contributed by atoms with Gasteiger partial charge in [0.05, 0.1) is 29.2 Å². The molecule has 0 saturated carbocycles. The van der Waals surface area contributed by atoms with Gasteiger partial charge < -0.3 is 19.9 Å². The Balaban J connectivity index is 1.57. The number of aliphatic hydroxyl groups excluding tert-OH is 1. The van der Waals surface area contributed by atoms with E-state index < -0.39 is 15.9 Å². The fourth-order valence-electron chi connectivity index (χ4n) is 2.42. The molecular formula is C16H24ClNO5S. The fourth-order valence-corrected chi connectivity index (χ4v) is 4.21. The van der Waals surface area contributed by atoms with Gasteiger partial charge in [-0.1, -0.05) is 17.7 Å². The molecule has 0 amide bonds. The van der Waals surface area contributed by atoms with E-state index in [1.807, 2.05) is 19.1 Å². The lowest BCUT2D eigenvalue weighted by Crippen LogP contribution is -2.34. The molecule has 1 heterocycles. The maximum absolute atomic E-state index is 11.3. The lowest BCUT2D eigenvalue weighted by Gasteiger charge is -2.15. The zero-order valence-electron chi connectivity index (χ0n) is 13.7. The minimum absolute atomic E-state index is 0.112. The highest BCUT2D eigenvalue weighted by Crippen LogP contribution is 2.25. The van der Waals surface area contributed by atoms with Gasteiger partial charge in [-0.3, -0.25) is 0 Å². The third kappa shape index (κ3) is 6.57. The number of rotatable bonds is 9. The molecular weight excluding hydrogens is 354 g/mol. The molecule has 0 aliphatic carbocycles. The molecule has 1 saturated heterocycles. The summed E-state index contributed by atoms with van der Waals surface area (Å²) >= 11 is 6.03. The number of nitrogens with one attached hydrogen (secondary N) is 1. The molecule has 0 aromatic heterocycles. The van der Waals surface area contributed by atoms with Crippen molar-refractivity contribution in [3.8, 4) is 5.75 Å². The summed E-state index contributed by atoms with van der Waals surface area (Å²) in [6.07, 6.45) is -0.308. The summed E-state index contributed by atoms with van der Waals surface area (Å²) in [5.74, 6) is 0.880. The topological polar surface area (TPSA) is 84.9 Å². The maximum Gasteiger partial charge on any atom is 0.152 e. The molecule has 2 N–H and O–H groups in total. The van der Waals surface area contributed by atoms with Crippen LogP contribution in [0.15, 0.2) is 18.2 Å². The first-order chi connectivity index (χ1) is 11.4. The fraction of sp³-hybridized carbons (Fsp3) is 0.625. The Labute approximate surface area is 148 Å². The van der Waals surface area contributed by atoms with E-state index >= 15 is 0 Å². The van der Waals surface area contributed by atoms with Gasteiger partial charge >= 0.3 is 0 Å². The van der Waals surface area contributed by atoms with E-state index in [0.717, 1.165) is 5.56 Å². The van der Waals surface area contributed by atoms with Gasteiger partial charge in [-0.05, 0) is 31.0 Å². The van der Waals surface area contributed by atoms with Gasteiger partial charge in [0.2, 0.25) is 0 Å². The van der Waals surface area contributed by atoms with Gasteiger partial charge in [0, 0.05) is 13.1 Å². The highest BCUT2D eigenvalue weighted by Gasteiger charge is 2.28. The van der Waals surface area contributed by atoms with Crippen molar-refractivity contribution >= 4 is 21.4 Å². The number of sulfone groups is 1. The third-order valence-electron chi connectivity index (χ3n) is 3.72. The summed E-state index contributed by atoms with van der Waals surface area (Å²) in [4.78, 5) is 0. The van der Waals surface area contributed by atoms with E-state index in [9.17, 15) is 13.5 Å². The minimum atomic E-state index is -2.90. The first-order valence-corrected chi connectivity index (χ1v) is 10.2. The molecule has 1 aromatic carbocycles. The van der Waals surface area contributed by atoms with Gasteiger partial charge in [-0.15, -0.1) is 0 Å². The van der Waals surface area contributed by atoms with Crippen LogP contribution in [0.5, 0.6) is 5.75 Å². The zero-order chi connectivity index (χ0) is 17.6. The quantitative estimate of drug-likeness (QED) is 0.629. The second kappa shape index (κ2) is 9.01. The van der Waals surface area contributed by atoms with Gasteiger partial charge in [0.15, 0.2) is 9.84 Å². The molecule has 1 fully saturated rings. The molecule has 2 unspecified atom stereocenters. The van der Waals surface area contributed by atoms with Crippen LogP contribution in [0.3, 0.4) is 0 Å². The highest BCUT2D eigenvalue weighted by atomic mass is 35.5. The molecule has 1 aliphatic heterocycles. The number of hydrogen-bond acceptors (Lipinski definition) is 6. The minimum Gasteiger partial charge on any atom is -0.489 e. The molecule has 6 nitrogen and oxygen atoms in total. The van der Waals surface area contributed by atoms with E-state index in [0.29, 0.717) is 36.9 Å². The SMILES string of the molecule is Cc1ccc(Cl)c(OCC(O)CNCCOC2CCS(=O)(=O)C2)c1. The molecule has 2 rings (SSSR count). The monoisotopic (exact) mass is 377 g/mol. The van der Waals surface area contributed by atoms with Crippen LogP contribution < -0.4 is 10.1 Å². The summed E-state index contributed by atoms with van der Waals surface area (Å²) in [6, 6.07) is 5.48. The van der Waals surface area contributed by atoms with Crippen molar-refractivity contribution in [2.75, 3.05) is 37.8 Å². The van der Waals surface area contributed by atoms with Crippen molar-refractivity contribution in [3.63, 3.8) is 0 Å². The number of benzene rings is 1. The lowest BCUT2D eigenvalue weighted by molar-refractivity contribution is 0.0672. The van der Waals surface area contributed by atoms with Crippen LogP contribution in [-0.4, -0.2) is 63.5 Å². The maximum atomic E-state index is 11.3. The second-order valence-electron chi connectivity index (χ2n) is 6.00. The van der Waals surface area contributed by atoms with Crippen molar-refractivity contribution in [3.05, 3.63) is 28.8 Å². The number of ether oxygens (including phenoxy) is 2. The first-order valence-electron chi connectivity index (χ1n) is 7.95. The van der Waals surface area contributed by atoms with Crippen LogP contribution in [0.2, 0.25) is 5.02 Å². The summed E-state index contributed by atoms with van der Waals surface area (Å²) in [6.45, 7) is 3.39. The van der Waals surface area contributed by atoms with E-state index in [1.165, 1.54) is 0 Å². The van der Waals surface area contributed by atoms with Gasteiger partial charge in [-0.25, -0.2) is 8.42 Å². The summed E-state index contributed by atoms with van der Waals surface area (Å²) in [7, 11) is -2.90. The van der Waals surface area contributed by atoms with Crippen LogP contribution in [0.4, 0.5) is 0 Å². The molecule has 24 heavy (non-hydrogen) atoms. The Kier molecular flexibility index (Phi) is 7.31. The van der Waals surface area contributed by atoms with Crippen molar-refractivity contribution in [1.29, 1.82) is 0 Å². The van der Waals surface area contributed by atoms with Gasteiger partial charge in [0.1, 0.15) is 18.5 Å². The Hall–Kier alpha value is -0.860. The second-order valence-corrected chi connectivity index (χ2v) is 8.63. The highest BCUT2D eigenvalue weighted by molar-refractivity contribution is 7.91. The molecule has 2 atom stereocenters. The third-order valence-corrected chi connectivity index (χ3v) is 5.77. The summed E-state index contributed by atoms with van der Waals surface area (Å²) in [5.41, 5.74) is 1.04. The van der Waals surface area contributed by atoms with Crippen LogP contribution in [-0.2, 0) is 14.6 Å². The van der Waals surface area contributed by atoms with E-state index in [4.69, 9.17) is 21.1 Å². The van der Waals surface area contributed by atoms with Crippen molar-refractivity contribution < 1.29 is 23.0 Å². The predicted molar refractivity (Wildman–Crippen MR) is 93.6 cm³/mol.